The molecule has 3 nitrogen and oxygen atoms in total. The van der Waals surface area contributed by atoms with E-state index in [0.29, 0.717) is 5.02 Å². The fourth-order valence-electron chi connectivity index (χ4n) is 1.57. The molecule has 0 spiro atoms. The number of hydrogen-bond acceptors (Lipinski definition) is 2. The van der Waals surface area contributed by atoms with Crippen molar-refractivity contribution in [2.24, 2.45) is 7.05 Å². The summed E-state index contributed by atoms with van der Waals surface area (Å²) >= 11 is 6.14. The number of aromatic nitrogens is 2. The molecule has 4 heteroatoms. The summed E-state index contributed by atoms with van der Waals surface area (Å²) in [5.41, 5.74) is 3.00. The minimum absolute atomic E-state index is 0.709. The molecular weight excluding hydrogens is 222 g/mol. The van der Waals surface area contributed by atoms with Crippen molar-refractivity contribution >= 4 is 23.2 Å². The molecule has 2 aromatic rings. The van der Waals surface area contributed by atoms with Gasteiger partial charge < -0.3 is 9.88 Å². The molecule has 1 aromatic heterocycles. The molecule has 84 valence electrons. The fraction of sp³-hybridized carbons (Fsp3) is 0.250. The highest BCUT2D eigenvalue weighted by Crippen LogP contribution is 2.25. The third-order valence-corrected chi connectivity index (χ3v) is 2.68. The summed E-state index contributed by atoms with van der Waals surface area (Å²) in [6.07, 6.45) is 1.96. The Kier molecular flexibility index (Phi) is 2.88. The maximum Gasteiger partial charge on any atom is 0.207 e. The van der Waals surface area contributed by atoms with E-state index in [2.05, 4.69) is 10.3 Å². The second-order valence-corrected chi connectivity index (χ2v) is 4.33. The van der Waals surface area contributed by atoms with E-state index in [4.69, 9.17) is 11.6 Å². The highest BCUT2D eigenvalue weighted by Gasteiger charge is 2.05. The molecule has 0 saturated heterocycles. The molecule has 1 N–H and O–H groups in total. The molecule has 0 saturated carbocycles. The number of aryl methyl sites for hydroxylation is 3. The molecule has 2 rings (SSSR count). The molecule has 0 atom stereocenters. The maximum atomic E-state index is 6.14. The first-order chi connectivity index (χ1) is 7.56. The van der Waals surface area contributed by atoms with Gasteiger partial charge in [-0.2, -0.15) is 0 Å². The molecule has 1 heterocycles. The lowest BCUT2D eigenvalue weighted by Gasteiger charge is -2.08. The highest BCUT2D eigenvalue weighted by atomic mass is 35.5. The first kappa shape index (κ1) is 11.0. The number of anilines is 2. The van der Waals surface area contributed by atoms with E-state index in [0.717, 1.165) is 22.9 Å². The number of hydrogen-bond donors (Lipinski definition) is 1. The monoisotopic (exact) mass is 235 g/mol. The van der Waals surface area contributed by atoms with Crippen LogP contribution in [0.3, 0.4) is 0 Å². The van der Waals surface area contributed by atoms with Gasteiger partial charge in [-0.1, -0.05) is 17.7 Å². The van der Waals surface area contributed by atoms with Crippen molar-refractivity contribution in [3.63, 3.8) is 0 Å². The summed E-state index contributed by atoms with van der Waals surface area (Å²) in [6, 6.07) is 5.91. The Balaban J connectivity index is 2.30. The van der Waals surface area contributed by atoms with Gasteiger partial charge in [0.2, 0.25) is 5.95 Å². The summed E-state index contributed by atoms with van der Waals surface area (Å²) in [6.45, 7) is 3.97. The van der Waals surface area contributed by atoms with E-state index in [9.17, 15) is 0 Å². The molecule has 0 amide bonds. The normalized spacial score (nSPS) is 10.5. The summed E-state index contributed by atoms with van der Waals surface area (Å²) in [7, 11) is 1.95. The van der Waals surface area contributed by atoms with Gasteiger partial charge >= 0.3 is 0 Å². The van der Waals surface area contributed by atoms with Crippen molar-refractivity contribution in [3.8, 4) is 0 Å². The Morgan fingerprint density at radius 1 is 1.31 bits per heavy atom. The van der Waals surface area contributed by atoms with E-state index in [1.54, 1.807) is 0 Å². The van der Waals surface area contributed by atoms with Crippen molar-refractivity contribution in [1.29, 1.82) is 0 Å². The van der Waals surface area contributed by atoms with Gasteiger partial charge in [-0.3, -0.25) is 0 Å². The van der Waals surface area contributed by atoms with E-state index < -0.39 is 0 Å². The van der Waals surface area contributed by atoms with Gasteiger partial charge in [0.25, 0.3) is 0 Å². The smallest absolute Gasteiger partial charge is 0.207 e. The molecule has 16 heavy (non-hydrogen) atoms. The first-order valence-electron chi connectivity index (χ1n) is 5.09. The third kappa shape index (κ3) is 2.19. The number of benzene rings is 1. The van der Waals surface area contributed by atoms with Gasteiger partial charge in [0.15, 0.2) is 0 Å². The zero-order valence-corrected chi connectivity index (χ0v) is 10.3. The van der Waals surface area contributed by atoms with E-state index >= 15 is 0 Å². The van der Waals surface area contributed by atoms with Gasteiger partial charge in [0.05, 0.1) is 16.4 Å². The second-order valence-electron chi connectivity index (χ2n) is 3.93. The maximum absolute atomic E-state index is 6.14. The lowest BCUT2D eigenvalue weighted by Crippen LogP contribution is -1.99. The van der Waals surface area contributed by atoms with Gasteiger partial charge in [-0.25, -0.2) is 4.98 Å². The molecule has 0 fully saturated rings. The number of rotatable bonds is 2. The molecule has 0 aliphatic carbocycles. The Bertz CT molecular complexity index is 517. The molecule has 0 aliphatic rings. The van der Waals surface area contributed by atoms with Crippen molar-refractivity contribution in [1.82, 2.24) is 9.55 Å². The number of nitrogens with one attached hydrogen (secondary N) is 1. The van der Waals surface area contributed by atoms with Crippen LogP contribution in [0.15, 0.2) is 24.4 Å². The lowest BCUT2D eigenvalue weighted by atomic mass is 10.2. The average Bonchev–Trinajstić information content (AvgIpc) is 2.50. The minimum Gasteiger partial charge on any atom is -0.324 e. The van der Waals surface area contributed by atoms with Gasteiger partial charge in [0, 0.05) is 13.2 Å². The van der Waals surface area contributed by atoms with Crippen LogP contribution in [-0.4, -0.2) is 9.55 Å². The largest absolute Gasteiger partial charge is 0.324 e. The van der Waals surface area contributed by atoms with E-state index in [1.165, 1.54) is 0 Å². The highest BCUT2D eigenvalue weighted by molar-refractivity contribution is 6.33. The van der Waals surface area contributed by atoms with Crippen LogP contribution >= 0.6 is 11.6 Å². The number of nitrogens with zero attached hydrogens (tertiary/aromatic N) is 2. The molecule has 0 unspecified atom stereocenters. The Hall–Kier alpha value is -1.48. The van der Waals surface area contributed by atoms with Gasteiger partial charge in [0.1, 0.15) is 0 Å². The topological polar surface area (TPSA) is 29.9 Å². The van der Waals surface area contributed by atoms with Crippen LogP contribution in [0.4, 0.5) is 11.6 Å². The summed E-state index contributed by atoms with van der Waals surface area (Å²) in [4.78, 5) is 4.36. The quantitative estimate of drug-likeness (QED) is 0.864. The number of imidazole rings is 1. The van der Waals surface area contributed by atoms with Crippen molar-refractivity contribution in [2.45, 2.75) is 13.8 Å². The molecule has 0 bridgehead atoms. The van der Waals surface area contributed by atoms with Crippen LogP contribution in [0.2, 0.25) is 5.02 Å². The minimum atomic E-state index is 0.709. The third-order valence-electron chi connectivity index (χ3n) is 2.37. The van der Waals surface area contributed by atoms with Crippen LogP contribution in [0.1, 0.15) is 11.3 Å². The van der Waals surface area contributed by atoms with Gasteiger partial charge in [-0.05, 0) is 31.5 Å². The Labute approximate surface area is 100 Å². The zero-order chi connectivity index (χ0) is 11.7. The predicted molar refractivity (Wildman–Crippen MR) is 67.4 cm³/mol. The van der Waals surface area contributed by atoms with Crippen LogP contribution < -0.4 is 5.32 Å². The van der Waals surface area contributed by atoms with Crippen molar-refractivity contribution in [3.05, 3.63) is 40.7 Å². The van der Waals surface area contributed by atoms with E-state index in [1.807, 2.05) is 49.9 Å². The lowest BCUT2D eigenvalue weighted by molar-refractivity contribution is 0.924. The summed E-state index contributed by atoms with van der Waals surface area (Å²) < 4.78 is 1.94. The number of halogens is 1. The second kappa shape index (κ2) is 4.18. The van der Waals surface area contributed by atoms with E-state index in [-0.39, 0.29) is 0 Å². The van der Waals surface area contributed by atoms with Crippen molar-refractivity contribution < 1.29 is 0 Å². The zero-order valence-electron chi connectivity index (χ0n) is 9.58. The average molecular weight is 236 g/mol. The standard InChI is InChI=1S/C12H14ClN3/c1-8-4-5-11(10(13)6-8)15-12-14-9(2)7-16(12)3/h4-7H,1-3H3,(H,14,15). The van der Waals surface area contributed by atoms with Gasteiger partial charge in [-0.15, -0.1) is 0 Å². The predicted octanol–water partition coefficient (Wildman–Crippen LogP) is 3.43. The van der Waals surface area contributed by atoms with Crippen LogP contribution in [-0.2, 0) is 7.05 Å². The van der Waals surface area contributed by atoms with Crippen LogP contribution in [0, 0.1) is 13.8 Å². The molecule has 0 radical (unpaired) electrons. The molecule has 1 aromatic carbocycles. The van der Waals surface area contributed by atoms with Crippen LogP contribution in [0.5, 0.6) is 0 Å². The summed E-state index contributed by atoms with van der Waals surface area (Å²) in [5.74, 6) is 0.795. The first-order valence-corrected chi connectivity index (χ1v) is 5.47. The Morgan fingerprint density at radius 2 is 2.06 bits per heavy atom. The summed E-state index contributed by atoms with van der Waals surface area (Å²) in [5, 5.41) is 3.92. The fourth-order valence-corrected chi connectivity index (χ4v) is 1.86. The SMILES string of the molecule is Cc1ccc(Nc2nc(C)cn2C)c(Cl)c1. The van der Waals surface area contributed by atoms with Crippen molar-refractivity contribution in [2.75, 3.05) is 5.32 Å². The van der Waals surface area contributed by atoms with Crippen LogP contribution in [0.25, 0.3) is 0 Å². The molecule has 0 aliphatic heterocycles. The Morgan fingerprint density at radius 3 is 2.62 bits per heavy atom. The molecular formula is C12H14ClN3.